The Kier molecular flexibility index (Phi) is 8.32. The minimum absolute atomic E-state index is 0.00694. The largest absolute Gasteiger partial charge is 0.480 e. The molecule has 0 aliphatic carbocycles. The maximum absolute atomic E-state index is 13.5. The third-order valence-electron chi connectivity index (χ3n) is 7.12. The Labute approximate surface area is 255 Å². The van der Waals surface area contributed by atoms with Gasteiger partial charge in [0.05, 0.1) is 29.3 Å². The van der Waals surface area contributed by atoms with Crippen molar-refractivity contribution in [1.82, 2.24) is 30.7 Å². The smallest absolute Gasteiger partial charge is 0.389 e. The van der Waals surface area contributed by atoms with Crippen LogP contribution in [-0.2, 0) is 12.0 Å². The van der Waals surface area contributed by atoms with E-state index in [0.717, 1.165) is 12.0 Å². The quantitative estimate of drug-likeness (QED) is 0.209. The Hall–Kier alpha value is -5.27. The average molecular weight is 623 g/mol. The number of rotatable bonds is 9. The van der Waals surface area contributed by atoms with Gasteiger partial charge in [-0.2, -0.15) is 18.2 Å². The number of pyridine rings is 2. The first kappa shape index (κ1) is 31.2. The predicted molar refractivity (Wildman–Crippen MR) is 157 cm³/mol. The second-order valence-corrected chi connectivity index (χ2v) is 10.8. The van der Waals surface area contributed by atoms with Crippen molar-refractivity contribution in [1.29, 1.82) is 0 Å². The Bertz CT molecular complexity index is 1870. The Morgan fingerprint density at radius 2 is 1.76 bits per heavy atom. The fraction of sp³-hybridized carbons (Fsp3) is 0.290. The first-order chi connectivity index (χ1) is 21.3. The van der Waals surface area contributed by atoms with Gasteiger partial charge in [-0.3, -0.25) is 9.59 Å². The van der Waals surface area contributed by atoms with E-state index in [1.165, 1.54) is 32.5 Å². The molecule has 0 aliphatic heterocycles. The molecule has 4 aromatic heterocycles. The number of nitrogens with zero attached hydrogens (tertiary/aromatic N) is 4. The predicted octanol–water partition coefficient (Wildman–Crippen LogP) is 5.78. The standard InChI is InChI=1S/C31H29F3N6O5/c1-16-6-8-17(9-7-16)24-23(26(42)35-4)20-13-19(22(38-28(20)45-24)10-11-31(32,33)34)18-12-21(27(43-5)36-14-18)25(41)39-30(2,3)29-37-15-44-40-29/h6-9,12-15H,10-11H2,1-5H3,(H,35,42)(H,39,41). The number of aryl methyl sites for hydroxylation is 2. The van der Waals surface area contributed by atoms with Crippen molar-refractivity contribution in [3.63, 3.8) is 0 Å². The number of furan rings is 1. The van der Waals surface area contributed by atoms with Crippen LogP contribution < -0.4 is 15.4 Å². The zero-order chi connectivity index (χ0) is 32.5. The summed E-state index contributed by atoms with van der Waals surface area (Å²) < 4.78 is 56.4. The number of alkyl halides is 3. The number of nitrogens with one attached hydrogen (secondary N) is 2. The SMILES string of the molecule is CNC(=O)c1c(-c2ccc(C)cc2)oc2nc(CCC(F)(F)F)c(-c3cnc(OC)c(C(=O)NC(C)(C)c4ncon4)c3)cc12. The molecule has 5 rings (SSSR count). The molecule has 5 aromatic rings. The number of methoxy groups -OCH3 is 1. The van der Waals surface area contributed by atoms with Crippen LogP contribution in [-0.4, -0.2) is 52.3 Å². The molecule has 45 heavy (non-hydrogen) atoms. The molecule has 2 N–H and O–H groups in total. The van der Waals surface area contributed by atoms with Crippen molar-refractivity contribution in [2.45, 2.75) is 45.3 Å². The van der Waals surface area contributed by atoms with Gasteiger partial charge in [-0.1, -0.05) is 35.0 Å². The fourth-order valence-corrected chi connectivity index (χ4v) is 4.80. The van der Waals surface area contributed by atoms with Gasteiger partial charge < -0.3 is 24.3 Å². The Morgan fingerprint density at radius 3 is 2.38 bits per heavy atom. The lowest BCUT2D eigenvalue weighted by Crippen LogP contribution is -2.42. The highest BCUT2D eigenvalue weighted by atomic mass is 19.4. The van der Waals surface area contributed by atoms with Gasteiger partial charge in [0.2, 0.25) is 18.0 Å². The van der Waals surface area contributed by atoms with Crippen LogP contribution in [0, 0.1) is 6.92 Å². The number of carbonyl (C=O) groups is 2. The van der Waals surface area contributed by atoms with E-state index in [2.05, 4.69) is 30.7 Å². The van der Waals surface area contributed by atoms with Crippen molar-refractivity contribution in [2.75, 3.05) is 14.2 Å². The molecular formula is C31H29F3N6O5. The zero-order valence-electron chi connectivity index (χ0n) is 25.0. The molecule has 0 unspecified atom stereocenters. The third kappa shape index (κ3) is 6.49. The molecule has 0 fully saturated rings. The summed E-state index contributed by atoms with van der Waals surface area (Å²) >= 11 is 0. The topological polar surface area (TPSA) is 145 Å². The summed E-state index contributed by atoms with van der Waals surface area (Å²) in [6.45, 7) is 5.24. The molecule has 0 saturated heterocycles. The van der Waals surface area contributed by atoms with E-state index < -0.39 is 36.4 Å². The molecule has 0 bridgehead atoms. The second kappa shape index (κ2) is 12.0. The molecule has 0 spiro atoms. The molecule has 2 amide bonds. The highest BCUT2D eigenvalue weighted by Crippen LogP contribution is 2.38. The maximum atomic E-state index is 13.5. The molecule has 0 atom stereocenters. The monoisotopic (exact) mass is 622 g/mol. The highest BCUT2D eigenvalue weighted by molar-refractivity contribution is 6.11. The number of hydrogen-bond acceptors (Lipinski definition) is 9. The number of ether oxygens (including phenoxy) is 1. The van der Waals surface area contributed by atoms with Gasteiger partial charge in [-0.25, -0.2) is 9.97 Å². The van der Waals surface area contributed by atoms with Crippen molar-refractivity contribution in [2.24, 2.45) is 0 Å². The molecule has 1 aromatic carbocycles. The summed E-state index contributed by atoms with van der Waals surface area (Å²) in [5.74, 6) is -0.682. The van der Waals surface area contributed by atoms with Gasteiger partial charge >= 0.3 is 6.18 Å². The van der Waals surface area contributed by atoms with E-state index in [9.17, 15) is 22.8 Å². The maximum Gasteiger partial charge on any atom is 0.389 e. The van der Waals surface area contributed by atoms with Crippen LogP contribution in [0.4, 0.5) is 13.2 Å². The lowest BCUT2D eigenvalue weighted by molar-refractivity contribution is -0.134. The van der Waals surface area contributed by atoms with Crippen molar-refractivity contribution >= 4 is 22.9 Å². The van der Waals surface area contributed by atoms with Crippen LogP contribution in [0.1, 0.15) is 58.1 Å². The van der Waals surface area contributed by atoms with Crippen molar-refractivity contribution in [3.8, 4) is 28.3 Å². The summed E-state index contributed by atoms with van der Waals surface area (Å²) in [5.41, 5.74) is 1.20. The van der Waals surface area contributed by atoms with E-state index in [1.807, 2.05) is 19.1 Å². The van der Waals surface area contributed by atoms with E-state index in [1.54, 1.807) is 26.0 Å². The van der Waals surface area contributed by atoms with E-state index in [4.69, 9.17) is 13.7 Å². The van der Waals surface area contributed by atoms with Crippen LogP contribution in [0.3, 0.4) is 0 Å². The minimum Gasteiger partial charge on any atom is -0.480 e. The van der Waals surface area contributed by atoms with Gasteiger partial charge in [-0.15, -0.1) is 0 Å². The third-order valence-corrected chi connectivity index (χ3v) is 7.12. The van der Waals surface area contributed by atoms with Crippen molar-refractivity contribution < 1.29 is 36.4 Å². The Morgan fingerprint density at radius 1 is 1.02 bits per heavy atom. The fourth-order valence-electron chi connectivity index (χ4n) is 4.80. The average Bonchev–Trinajstić information content (AvgIpc) is 3.68. The van der Waals surface area contributed by atoms with Gasteiger partial charge in [-0.05, 0) is 39.3 Å². The second-order valence-electron chi connectivity index (χ2n) is 10.8. The lowest BCUT2D eigenvalue weighted by Gasteiger charge is -2.23. The minimum atomic E-state index is -4.47. The number of carbonyl (C=O) groups excluding carboxylic acids is 2. The van der Waals surface area contributed by atoms with Gasteiger partial charge in [0.15, 0.2) is 5.82 Å². The van der Waals surface area contributed by atoms with E-state index in [0.29, 0.717) is 5.56 Å². The first-order valence-electron chi connectivity index (χ1n) is 13.8. The summed E-state index contributed by atoms with van der Waals surface area (Å²) in [4.78, 5) is 39.4. The first-order valence-corrected chi connectivity index (χ1v) is 13.8. The Balaban J connectivity index is 1.68. The summed E-state index contributed by atoms with van der Waals surface area (Å²) in [7, 11) is 2.79. The van der Waals surface area contributed by atoms with Gasteiger partial charge in [0.25, 0.3) is 11.8 Å². The molecule has 0 saturated carbocycles. The zero-order valence-corrected chi connectivity index (χ0v) is 25.0. The molecule has 11 nitrogen and oxygen atoms in total. The normalized spacial score (nSPS) is 11.9. The van der Waals surface area contributed by atoms with E-state index in [-0.39, 0.29) is 56.5 Å². The number of fused-ring (bicyclic) bond motifs is 1. The lowest BCUT2D eigenvalue weighted by atomic mass is 9.97. The van der Waals surface area contributed by atoms with Crippen LogP contribution >= 0.6 is 0 Å². The highest BCUT2D eigenvalue weighted by Gasteiger charge is 2.31. The van der Waals surface area contributed by atoms with Crippen LogP contribution in [0.5, 0.6) is 5.88 Å². The molecule has 14 heteroatoms. The number of benzene rings is 1. The van der Waals surface area contributed by atoms with Gasteiger partial charge in [0.1, 0.15) is 11.3 Å². The van der Waals surface area contributed by atoms with Gasteiger partial charge in [0, 0.05) is 36.4 Å². The summed E-state index contributed by atoms with van der Waals surface area (Å²) in [6.07, 6.45) is -3.64. The summed E-state index contributed by atoms with van der Waals surface area (Å²) in [6, 6.07) is 10.2. The van der Waals surface area contributed by atoms with Crippen LogP contribution in [0.15, 0.2) is 57.9 Å². The van der Waals surface area contributed by atoms with Crippen LogP contribution in [0.25, 0.3) is 33.6 Å². The number of hydrogen-bond donors (Lipinski definition) is 2. The molecule has 234 valence electrons. The molecule has 0 radical (unpaired) electrons. The number of halogens is 3. The molecule has 0 aliphatic rings. The van der Waals surface area contributed by atoms with E-state index >= 15 is 0 Å². The van der Waals surface area contributed by atoms with Crippen LogP contribution in [0.2, 0.25) is 0 Å². The molecule has 4 heterocycles. The summed E-state index contributed by atoms with van der Waals surface area (Å²) in [5, 5.41) is 9.46. The van der Waals surface area contributed by atoms with Crippen molar-refractivity contribution in [3.05, 3.63) is 77.2 Å². The number of amides is 2. The molecular weight excluding hydrogens is 593 g/mol. The number of aromatic nitrogens is 4.